The summed E-state index contributed by atoms with van der Waals surface area (Å²) in [5, 5.41) is 8.12. The van der Waals surface area contributed by atoms with Crippen LogP contribution in [0.4, 0.5) is 0 Å². The van der Waals surface area contributed by atoms with Gasteiger partial charge in [-0.3, -0.25) is 4.68 Å². The van der Waals surface area contributed by atoms with Crippen molar-refractivity contribution in [2.24, 2.45) is 5.16 Å². The van der Waals surface area contributed by atoms with Crippen LogP contribution < -0.4 is 0 Å². The lowest BCUT2D eigenvalue weighted by Gasteiger charge is -2.14. The van der Waals surface area contributed by atoms with E-state index in [1.165, 1.54) is 12.8 Å². The summed E-state index contributed by atoms with van der Waals surface area (Å²) in [6.45, 7) is 2.13. The van der Waals surface area contributed by atoms with Gasteiger partial charge in [0.1, 0.15) is 12.3 Å². The molecule has 6 heteroatoms. The third-order valence-electron chi connectivity index (χ3n) is 3.83. The first-order chi connectivity index (χ1) is 9.74. The van der Waals surface area contributed by atoms with Gasteiger partial charge in [-0.15, -0.1) is 0 Å². The number of carbonyl (C=O) groups excluding carboxylic acids is 1. The molecule has 20 heavy (non-hydrogen) atoms. The summed E-state index contributed by atoms with van der Waals surface area (Å²) in [6.07, 6.45) is 6.80. The average molecular weight is 277 g/mol. The van der Waals surface area contributed by atoms with E-state index in [0.29, 0.717) is 11.7 Å². The molecule has 2 aliphatic rings. The smallest absolute Gasteiger partial charge is 0.356 e. The second-order valence-corrected chi connectivity index (χ2v) is 5.46. The van der Waals surface area contributed by atoms with E-state index in [-0.39, 0.29) is 18.7 Å². The predicted octanol–water partition coefficient (Wildman–Crippen LogP) is 2.32. The van der Waals surface area contributed by atoms with E-state index in [2.05, 4.69) is 10.3 Å². The molecule has 0 radical (unpaired) electrons. The molecule has 1 aliphatic carbocycles. The Labute approximate surface area is 117 Å². The molecular formula is C14H19N3O3. The molecule has 0 aromatic carbocycles. The quantitative estimate of drug-likeness (QED) is 0.792. The van der Waals surface area contributed by atoms with Crippen molar-refractivity contribution < 1.29 is 14.4 Å². The zero-order valence-electron chi connectivity index (χ0n) is 11.6. The van der Waals surface area contributed by atoms with E-state index in [1.54, 1.807) is 12.3 Å². The van der Waals surface area contributed by atoms with Crippen molar-refractivity contribution in [2.45, 2.75) is 51.2 Å². The maximum atomic E-state index is 12.1. The number of oxime groups is 1. The second-order valence-electron chi connectivity index (χ2n) is 5.46. The number of rotatable bonds is 4. The largest absolute Gasteiger partial charge is 0.457 e. The van der Waals surface area contributed by atoms with Gasteiger partial charge in [0, 0.05) is 12.6 Å². The van der Waals surface area contributed by atoms with Crippen molar-refractivity contribution in [3.8, 4) is 0 Å². The van der Waals surface area contributed by atoms with Crippen LogP contribution in [0.25, 0.3) is 0 Å². The van der Waals surface area contributed by atoms with E-state index < -0.39 is 0 Å². The molecule has 1 unspecified atom stereocenters. The zero-order chi connectivity index (χ0) is 13.9. The average Bonchev–Trinajstić information content (AvgIpc) is 3.16. The number of esters is 1. The Morgan fingerprint density at radius 3 is 3.00 bits per heavy atom. The Morgan fingerprint density at radius 2 is 2.30 bits per heavy atom. The first-order valence-corrected chi connectivity index (χ1v) is 7.14. The van der Waals surface area contributed by atoms with Crippen LogP contribution in [0, 0.1) is 0 Å². The molecule has 1 aromatic rings. The van der Waals surface area contributed by atoms with Crippen molar-refractivity contribution in [1.82, 2.24) is 9.78 Å². The topological polar surface area (TPSA) is 65.7 Å². The van der Waals surface area contributed by atoms with Crippen LogP contribution in [0.1, 0.15) is 55.6 Å². The lowest BCUT2D eigenvalue weighted by Crippen LogP contribution is -2.22. The highest BCUT2D eigenvalue weighted by Crippen LogP contribution is 2.29. The lowest BCUT2D eigenvalue weighted by atomic mass is 10.2. The second kappa shape index (κ2) is 5.64. The Hall–Kier alpha value is -1.85. The Bertz CT molecular complexity index is 517. The summed E-state index contributed by atoms with van der Waals surface area (Å²) in [5.74, 6) is -0.331. The predicted molar refractivity (Wildman–Crippen MR) is 72.6 cm³/mol. The van der Waals surface area contributed by atoms with Gasteiger partial charge in [0.15, 0.2) is 6.10 Å². The first-order valence-electron chi connectivity index (χ1n) is 7.14. The molecule has 1 fully saturated rings. The van der Waals surface area contributed by atoms with Gasteiger partial charge in [0.25, 0.3) is 0 Å². The van der Waals surface area contributed by atoms with Crippen LogP contribution >= 0.6 is 0 Å². The fourth-order valence-corrected chi connectivity index (χ4v) is 2.82. The monoisotopic (exact) mass is 277 g/mol. The van der Waals surface area contributed by atoms with Crippen molar-refractivity contribution >= 4 is 11.7 Å². The third-order valence-corrected chi connectivity index (χ3v) is 3.83. The summed E-state index contributed by atoms with van der Waals surface area (Å²) in [7, 11) is 0. The molecule has 6 nitrogen and oxygen atoms in total. The summed E-state index contributed by atoms with van der Waals surface area (Å²) in [5.41, 5.74) is 1.47. The van der Waals surface area contributed by atoms with Gasteiger partial charge in [-0.25, -0.2) is 4.79 Å². The number of hydrogen-bond donors (Lipinski definition) is 0. The highest BCUT2D eigenvalue weighted by atomic mass is 16.7. The molecule has 1 aromatic heterocycles. The summed E-state index contributed by atoms with van der Waals surface area (Å²) in [4.78, 5) is 17.3. The molecule has 0 N–H and O–H groups in total. The van der Waals surface area contributed by atoms with Crippen LogP contribution in [0.15, 0.2) is 17.4 Å². The minimum Gasteiger partial charge on any atom is -0.457 e. The van der Waals surface area contributed by atoms with Gasteiger partial charge in [-0.05, 0) is 25.8 Å². The minimum atomic E-state index is -0.331. The van der Waals surface area contributed by atoms with Crippen molar-refractivity contribution in [3.63, 3.8) is 0 Å². The Morgan fingerprint density at radius 1 is 1.50 bits per heavy atom. The summed E-state index contributed by atoms with van der Waals surface area (Å²) >= 11 is 0. The number of nitrogens with zero attached hydrogens (tertiary/aromatic N) is 3. The number of ether oxygens (including phenoxy) is 1. The van der Waals surface area contributed by atoms with Crippen LogP contribution in [0.5, 0.6) is 0 Å². The summed E-state index contributed by atoms with van der Waals surface area (Å²) < 4.78 is 7.13. The van der Waals surface area contributed by atoms with Gasteiger partial charge in [-0.1, -0.05) is 18.0 Å². The molecule has 0 saturated heterocycles. The molecule has 3 rings (SSSR count). The molecule has 0 amide bonds. The number of carbonyl (C=O) groups is 1. The maximum absolute atomic E-state index is 12.1. The molecule has 108 valence electrons. The molecular weight excluding hydrogens is 258 g/mol. The number of hydrogen-bond acceptors (Lipinski definition) is 5. The van der Waals surface area contributed by atoms with Crippen LogP contribution in [0.2, 0.25) is 0 Å². The molecule has 2 heterocycles. The van der Waals surface area contributed by atoms with Crippen LogP contribution in [-0.4, -0.2) is 34.2 Å². The van der Waals surface area contributed by atoms with Gasteiger partial charge in [0.2, 0.25) is 0 Å². The van der Waals surface area contributed by atoms with Crippen LogP contribution in [-0.2, 0) is 9.57 Å². The molecule has 1 aliphatic heterocycles. The minimum absolute atomic E-state index is 0.151. The fraction of sp³-hybridized carbons (Fsp3) is 0.643. The van der Waals surface area contributed by atoms with E-state index in [4.69, 9.17) is 9.57 Å². The third kappa shape index (κ3) is 2.69. The lowest BCUT2D eigenvalue weighted by molar-refractivity contribution is 0.00585. The van der Waals surface area contributed by atoms with E-state index >= 15 is 0 Å². The van der Waals surface area contributed by atoms with Gasteiger partial charge in [-0.2, -0.15) is 5.10 Å². The normalized spacial score (nSPS) is 22.6. The standard InChI is InChI=1S/C14H19N3O3/c1-10-8-12(20-16-10)9-19-14(18)13-6-7-15-17(13)11-4-2-3-5-11/h6-7,11-12H,2-5,8-9H2,1H3. The highest BCUT2D eigenvalue weighted by molar-refractivity contribution is 5.87. The molecule has 1 atom stereocenters. The van der Waals surface area contributed by atoms with E-state index in [0.717, 1.165) is 25.0 Å². The summed E-state index contributed by atoms with van der Waals surface area (Å²) in [6, 6.07) is 2.05. The molecule has 0 bridgehead atoms. The van der Waals surface area contributed by atoms with Gasteiger partial charge < -0.3 is 9.57 Å². The van der Waals surface area contributed by atoms with E-state index in [1.807, 2.05) is 11.6 Å². The van der Waals surface area contributed by atoms with Crippen molar-refractivity contribution in [2.75, 3.05) is 6.61 Å². The van der Waals surface area contributed by atoms with Crippen LogP contribution in [0.3, 0.4) is 0 Å². The Kier molecular flexibility index (Phi) is 3.71. The highest BCUT2D eigenvalue weighted by Gasteiger charge is 2.25. The van der Waals surface area contributed by atoms with E-state index in [9.17, 15) is 4.79 Å². The first kappa shape index (κ1) is 13.1. The van der Waals surface area contributed by atoms with Gasteiger partial charge >= 0.3 is 5.97 Å². The van der Waals surface area contributed by atoms with Gasteiger partial charge in [0.05, 0.1) is 11.8 Å². The van der Waals surface area contributed by atoms with Crippen molar-refractivity contribution in [3.05, 3.63) is 18.0 Å². The molecule has 0 spiro atoms. The maximum Gasteiger partial charge on any atom is 0.356 e. The SMILES string of the molecule is CC1=NOC(COC(=O)c2ccnn2C2CCCC2)C1. The fourth-order valence-electron chi connectivity index (χ4n) is 2.82. The molecule has 1 saturated carbocycles. The van der Waals surface area contributed by atoms with Crippen molar-refractivity contribution in [1.29, 1.82) is 0 Å². The zero-order valence-corrected chi connectivity index (χ0v) is 11.6. The Balaban J connectivity index is 1.58. The number of aromatic nitrogens is 2.